The monoisotopic (exact) mass is 343 g/mol. The molecule has 0 unspecified atom stereocenters. The maximum Gasteiger partial charge on any atom is 0.317 e. The Bertz CT molecular complexity index is 97.3. The van der Waals surface area contributed by atoms with E-state index in [0.29, 0.717) is 0 Å². The number of hydrogen-bond donors (Lipinski definition) is 4. The van der Waals surface area contributed by atoms with Crippen molar-refractivity contribution < 1.29 is 20.1 Å². The van der Waals surface area contributed by atoms with E-state index in [1.807, 2.05) is 0 Å². The number of hydrogen-bond acceptors (Lipinski definition) is 4. The van der Waals surface area contributed by atoms with E-state index in [2.05, 4.69) is 5.32 Å². The van der Waals surface area contributed by atoms with E-state index in [4.69, 9.17) is 15.3 Å². The number of aliphatic carboxylic acids is 1. The van der Waals surface area contributed by atoms with Gasteiger partial charge in [0.25, 0.3) is 0 Å². The van der Waals surface area contributed by atoms with Gasteiger partial charge in [0, 0.05) is 33.8 Å². The molecular formula is C4H9NO4Pb. The molecular weight excluding hydrogens is 333 g/mol. The van der Waals surface area contributed by atoms with Crippen molar-refractivity contribution in [2.45, 2.75) is 6.29 Å². The van der Waals surface area contributed by atoms with Crippen LogP contribution < -0.4 is 5.32 Å². The molecule has 0 aliphatic carbocycles. The second kappa shape index (κ2) is 7.38. The second-order valence-electron chi connectivity index (χ2n) is 1.51. The number of rotatable bonds is 4. The quantitative estimate of drug-likeness (QED) is 0.338. The predicted octanol–water partition coefficient (Wildman–Crippen LogP) is -2.41. The number of carboxylic acid groups (broad SMARTS) is 1. The minimum absolute atomic E-state index is 0. The van der Waals surface area contributed by atoms with Gasteiger partial charge in [-0.05, 0) is 0 Å². The normalized spacial score (nSPS) is 9.10. The Balaban J connectivity index is 0. The summed E-state index contributed by atoms with van der Waals surface area (Å²) in [5.41, 5.74) is 0. The summed E-state index contributed by atoms with van der Waals surface area (Å²) in [7, 11) is 0. The first-order valence-electron chi connectivity index (χ1n) is 2.41. The largest absolute Gasteiger partial charge is 0.480 e. The summed E-state index contributed by atoms with van der Waals surface area (Å²) in [5.74, 6) is -1.02. The number of aliphatic hydroxyl groups excluding tert-OH is 1. The molecule has 0 heterocycles. The van der Waals surface area contributed by atoms with Crippen LogP contribution in [0.15, 0.2) is 0 Å². The predicted molar refractivity (Wildman–Crippen MR) is 34.5 cm³/mol. The van der Waals surface area contributed by atoms with Crippen LogP contribution in [0, 0.1) is 0 Å². The molecule has 6 heteroatoms. The van der Waals surface area contributed by atoms with E-state index in [9.17, 15) is 4.79 Å². The van der Waals surface area contributed by atoms with Crippen molar-refractivity contribution in [3.63, 3.8) is 0 Å². The zero-order valence-corrected chi connectivity index (χ0v) is 9.13. The summed E-state index contributed by atoms with van der Waals surface area (Å²) in [4.78, 5) is 9.76. The van der Waals surface area contributed by atoms with Crippen LogP contribution in [-0.4, -0.2) is 68.0 Å². The Morgan fingerprint density at radius 3 is 2.30 bits per heavy atom. The van der Waals surface area contributed by atoms with Crippen LogP contribution in [0.4, 0.5) is 0 Å². The molecule has 0 aromatic carbocycles. The van der Waals surface area contributed by atoms with Gasteiger partial charge in [0.1, 0.15) is 0 Å². The average Bonchev–Trinajstić information content (AvgIpc) is 1.63. The van der Waals surface area contributed by atoms with E-state index < -0.39 is 12.3 Å². The third kappa shape index (κ3) is 11.1. The Morgan fingerprint density at radius 1 is 1.50 bits per heavy atom. The van der Waals surface area contributed by atoms with Gasteiger partial charge >= 0.3 is 5.97 Å². The summed E-state index contributed by atoms with van der Waals surface area (Å²) in [6, 6.07) is 0. The van der Waals surface area contributed by atoms with Crippen molar-refractivity contribution >= 4 is 33.3 Å². The van der Waals surface area contributed by atoms with Crippen LogP contribution in [0.3, 0.4) is 0 Å². The molecule has 0 amide bonds. The molecule has 0 atom stereocenters. The van der Waals surface area contributed by atoms with Crippen molar-refractivity contribution in [3.8, 4) is 0 Å². The summed E-state index contributed by atoms with van der Waals surface area (Å²) < 4.78 is 0. The summed E-state index contributed by atoms with van der Waals surface area (Å²) in [6.07, 6.45) is -1.48. The van der Waals surface area contributed by atoms with Crippen LogP contribution in [0.2, 0.25) is 0 Å². The molecule has 0 aliphatic heterocycles. The molecule has 0 saturated carbocycles. The molecule has 0 spiro atoms. The molecule has 0 fully saturated rings. The fraction of sp³-hybridized carbons (Fsp3) is 0.750. The first-order chi connectivity index (χ1) is 4.13. The Kier molecular flexibility index (Phi) is 9.52. The maximum atomic E-state index is 9.76. The van der Waals surface area contributed by atoms with Crippen molar-refractivity contribution in [3.05, 3.63) is 0 Å². The Morgan fingerprint density at radius 2 is 2.00 bits per heavy atom. The summed E-state index contributed by atoms with van der Waals surface area (Å²) in [6.45, 7) is -0.371. The molecule has 4 radical (unpaired) electrons. The van der Waals surface area contributed by atoms with E-state index in [0.717, 1.165) is 0 Å². The van der Waals surface area contributed by atoms with E-state index in [1.54, 1.807) is 0 Å². The zero-order valence-electron chi connectivity index (χ0n) is 5.24. The molecule has 0 rings (SSSR count). The van der Waals surface area contributed by atoms with Crippen molar-refractivity contribution in [1.82, 2.24) is 5.32 Å². The minimum Gasteiger partial charge on any atom is -0.480 e. The number of carboxylic acids is 1. The molecule has 4 N–H and O–H groups in total. The van der Waals surface area contributed by atoms with Crippen molar-refractivity contribution in [2.75, 3.05) is 13.1 Å². The van der Waals surface area contributed by atoms with E-state index in [-0.39, 0.29) is 40.4 Å². The fourth-order valence-electron chi connectivity index (χ4n) is 0.308. The second-order valence-corrected chi connectivity index (χ2v) is 1.51. The van der Waals surface area contributed by atoms with Gasteiger partial charge < -0.3 is 20.6 Å². The number of nitrogens with one attached hydrogen (secondary N) is 1. The van der Waals surface area contributed by atoms with Crippen LogP contribution in [0.1, 0.15) is 0 Å². The van der Waals surface area contributed by atoms with Crippen LogP contribution in [0.5, 0.6) is 0 Å². The Labute approximate surface area is 78.2 Å². The standard InChI is InChI=1S/C4H9NO4.Pb/c6-3(7)1-5-2-4(8)9;/h3,5-7H,1-2H2,(H,8,9);. The molecule has 0 bridgehead atoms. The van der Waals surface area contributed by atoms with Crippen LogP contribution in [0.25, 0.3) is 0 Å². The smallest absolute Gasteiger partial charge is 0.317 e. The SMILES string of the molecule is O=C(O)CNCC(O)O.[Pb]. The first-order valence-corrected chi connectivity index (χ1v) is 2.41. The van der Waals surface area contributed by atoms with Gasteiger partial charge in [-0.15, -0.1) is 0 Å². The molecule has 0 aromatic rings. The molecule has 0 saturated heterocycles. The number of aliphatic hydroxyl groups is 2. The summed E-state index contributed by atoms with van der Waals surface area (Å²) >= 11 is 0. The van der Waals surface area contributed by atoms with Gasteiger partial charge in [0.2, 0.25) is 0 Å². The van der Waals surface area contributed by atoms with Gasteiger partial charge in [-0.1, -0.05) is 0 Å². The van der Waals surface area contributed by atoms with Gasteiger partial charge in [-0.2, -0.15) is 0 Å². The topological polar surface area (TPSA) is 89.8 Å². The van der Waals surface area contributed by atoms with Crippen LogP contribution >= 0.6 is 0 Å². The minimum atomic E-state index is -1.48. The van der Waals surface area contributed by atoms with Gasteiger partial charge in [0.05, 0.1) is 6.54 Å². The van der Waals surface area contributed by atoms with E-state index in [1.165, 1.54) is 0 Å². The van der Waals surface area contributed by atoms with Crippen LogP contribution in [-0.2, 0) is 4.79 Å². The third-order valence-electron chi connectivity index (χ3n) is 0.603. The van der Waals surface area contributed by atoms with E-state index >= 15 is 0 Å². The molecule has 0 aliphatic rings. The summed E-state index contributed by atoms with van der Waals surface area (Å²) in [5, 5.41) is 26.6. The first kappa shape index (κ1) is 12.9. The van der Waals surface area contributed by atoms with Gasteiger partial charge in [-0.3, -0.25) is 4.79 Å². The van der Waals surface area contributed by atoms with Crippen molar-refractivity contribution in [2.24, 2.45) is 0 Å². The Hall–Kier alpha value is 0.272. The maximum absolute atomic E-state index is 9.76. The van der Waals surface area contributed by atoms with Gasteiger partial charge in [-0.25, -0.2) is 0 Å². The third-order valence-corrected chi connectivity index (χ3v) is 0.603. The van der Waals surface area contributed by atoms with Gasteiger partial charge in [0.15, 0.2) is 6.29 Å². The number of carbonyl (C=O) groups is 1. The molecule has 0 aromatic heterocycles. The molecule has 10 heavy (non-hydrogen) atoms. The average molecular weight is 342 g/mol. The molecule has 5 nitrogen and oxygen atoms in total. The fourth-order valence-corrected chi connectivity index (χ4v) is 0.308. The zero-order chi connectivity index (χ0) is 7.28. The van der Waals surface area contributed by atoms with Crippen molar-refractivity contribution in [1.29, 1.82) is 0 Å². The molecule has 58 valence electrons.